The average Bonchev–Trinajstić information content (AvgIpc) is 3.19. The van der Waals surface area contributed by atoms with E-state index in [-0.39, 0.29) is 0 Å². The molecule has 7 nitrogen and oxygen atoms in total. The molecule has 26 heavy (non-hydrogen) atoms. The van der Waals surface area contributed by atoms with Crippen molar-refractivity contribution < 1.29 is 0 Å². The summed E-state index contributed by atoms with van der Waals surface area (Å²) >= 11 is 1.71. The van der Waals surface area contributed by atoms with Gasteiger partial charge in [0.25, 0.3) is 0 Å². The van der Waals surface area contributed by atoms with E-state index in [0.717, 1.165) is 54.1 Å². The fourth-order valence-electron chi connectivity index (χ4n) is 2.73. The van der Waals surface area contributed by atoms with Crippen LogP contribution in [0.15, 0.2) is 29.4 Å². The quantitative estimate of drug-likeness (QED) is 0.379. The van der Waals surface area contributed by atoms with E-state index in [1.807, 2.05) is 42.6 Å². The lowest BCUT2D eigenvalue weighted by molar-refractivity contribution is 0.715. The third-order valence-corrected chi connectivity index (χ3v) is 5.04. The first-order valence-corrected chi connectivity index (χ1v) is 9.72. The Kier molecular flexibility index (Phi) is 6.17. The van der Waals surface area contributed by atoms with Crippen molar-refractivity contribution in [3.05, 3.63) is 45.8 Å². The smallest absolute Gasteiger partial charge is 0.191 e. The third kappa shape index (κ3) is 4.57. The molecule has 0 fully saturated rings. The van der Waals surface area contributed by atoms with Crippen LogP contribution in [0.1, 0.15) is 34.7 Å². The van der Waals surface area contributed by atoms with Crippen LogP contribution in [-0.4, -0.2) is 38.6 Å². The number of fused-ring (bicyclic) bond motifs is 1. The number of hydrogen-bond donors (Lipinski definition) is 2. The lowest BCUT2D eigenvalue weighted by Crippen LogP contribution is -2.37. The largest absolute Gasteiger partial charge is 0.357 e. The summed E-state index contributed by atoms with van der Waals surface area (Å²) in [4.78, 5) is 10.3. The first-order valence-electron chi connectivity index (χ1n) is 8.91. The number of nitrogens with one attached hydrogen (secondary N) is 2. The van der Waals surface area contributed by atoms with Crippen molar-refractivity contribution in [3.63, 3.8) is 0 Å². The summed E-state index contributed by atoms with van der Waals surface area (Å²) in [6.45, 7) is 8.46. The molecule has 0 aliphatic heterocycles. The van der Waals surface area contributed by atoms with E-state index in [9.17, 15) is 0 Å². The summed E-state index contributed by atoms with van der Waals surface area (Å²) in [6.07, 6.45) is 3.83. The highest BCUT2D eigenvalue weighted by Gasteiger charge is 2.06. The van der Waals surface area contributed by atoms with Crippen molar-refractivity contribution in [2.45, 2.75) is 40.2 Å². The lowest BCUT2D eigenvalue weighted by atomic mass is 10.3. The molecule has 0 atom stereocenters. The zero-order valence-electron chi connectivity index (χ0n) is 15.5. The van der Waals surface area contributed by atoms with Crippen LogP contribution in [0.5, 0.6) is 0 Å². The van der Waals surface area contributed by atoms with E-state index in [0.29, 0.717) is 6.54 Å². The van der Waals surface area contributed by atoms with Crippen molar-refractivity contribution in [2.75, 3.05) is 13.1 Å². The summed E-state index contributed by atoms with van der Waals surface area (Å²) in [6, 6.07) is 5.94. The van der Waals surface area contributed by atoms with Gasteiger partial charge in [0.05, 0.1) is 17.2 Å². The van der Waals surface area contributed by atoms with E-state index < -0.39 is 0 Å². The van der Waals surface area contributed by atoms with Crippen LogP contribution in [0.4, 0.5) is 0 Å². The van der Waals surface area contributed by atoms with E-state index >= 15 is 0 Å². The van der Waals surface area contributed by atoms with Crippen LogP contribution in [0.25, 0.3) is 5.65 Å². The van der Waals surface area contributed by atoms with E-state index in [1.165, 1.54) is 4.88 Å². The van der Waals surface area contributed by atoms with Crippen molar-refractivity contribution in [3.8, 4) is 0 Å². The molecule has 0 aromatic carbocycles. The van der Waals surface area contributed by atoms with Crippen molar-refractivity contribution in [1.29, 1.82) is 0 Å². The van der Waals surface area contributed by atoms with Crippen molar-refractivity contribution in [1.82, 2.24) is 30.2 Å². The van der Waals surface area contributed by atoms with Gasteiger partial charge in [0.15, 0.2) is 11.6 Å². The van der Waals surface area contributed by atoms with Gasteiger partial charge in [0, 0.05) is 30.6 Å². The number of guanidine groups is 1. The van der Waals surface area contributed by atoms with Crippen molar-refractivity contribution >= 4 is 22.9 Å². The third-order valence-electron chi connectivity index (χ3n) is 3.98. The van der Waals surface area contributed by atoms with Gasteiger partial charge in [-0.05, 0) is 39.3 Å². The van der Waals surface area contributed by atoms with Gasteiger partial charge in [-0.3, -0.25) is 4.40 Å². The molecule has 0 radical (unpaired) electrons. The second-order valence-electron chi connectivity index (χ2n) is 6.01. The van der Waals surface area contributed by atoms with Gasteiger partial charge in [0.2, 0.25) is 0 Å². The van der Waals surface area contributed by atoms with Crippen LogP contribution in [0.3, 0.4) is 0 Å². The topological polar surface area (TPSA) is 79.5 Å². The van der Waals surface area contributed by atoms with Gasteiger partial charge in [-0.2, -0.15) is 0 Å². The van der Waals surface area contributed by atoms with Crippen molar-refractivity contribution in [2.24, 2.45) is 4.99 Å². The molecule has 3 rings (SSSR count). The standard InChI is InChI=1S/C18H25N7S/c1-4-19-18(21-12-15-13(2)22-14(3)26-15)20-10-7-9-17-24-23-16-8-5-6-11-25(16)17/h5-6,8,11H,4,7,9-10,12H2,1-3H3,(H2,19,20,21). The van der Waals surface area contributed by atoms with Gasteiger partial charge in [-0.25, -0.2) is 9.98 Å². The molecule has 0 bridgehead atoms. The number of aryl methyl sites for hydroxylation is 3. The minimum atomic E-state index is 0.654. The van der Waals surface area contributed by atoms with Crippen LogP contribution in [0, 0.1) is 13.8 Å². The van der Waals surface area contributed by atoms with E-state index in [4.69, 9.17) is 0 Å². The average molecular weight is 372 g/mol. The Morgan fingerprint density at radius 2 is 2.12 bits per heavy atom. The molecule has 0 spiro atoms. The first kappa shape index (κ1) is 18.3. The number of thiazole rings is 1. The molecule has 0 aliphatic rings. The molecular weight excluding hydrogens is 346 g/mol. The minimum Gasteiger partial charge on any atom is -0.357 e. The number of pyridine rings is 1. The van der Waals surface area contributed by atoms with Crippen LogP contribution >= 0.6 is 11.3 Å². The Morgan fingerprint density at radius 1 is 1.23 bits per heavy atom. The fraction of sp³-hybridized carbons (Fsp3) is 0.444. The summed E-state index contributed by atoms with van der Waals surface area (Å²) in [5.41, 5.74) is 1.96. The second kappa shape index (κ2) is 8.75. The highest BCUT2D eigenvalue weighted by atomic mass is 32.1. The number of aliphatic imine (C=N–C) groups is 1. The molecule has 0 amide bonds. The fourth-order valence-corrected chi connectivity index (χ4v) is 3.59. The monoisotopic (exact) mass is 371 g/mol. The summed E-state index contributed by atoms with van der Waals surface area (Å²) in [5, 5.41) is 16.2. The molecule has 3 heterocycles. The lowest BCUT2D eigenvalue weighted by Gasteiger charge is -2.10. The molecule has 0 unspecified atom stereocenters. The predicted molar refractivity (Wildman–Crippen MR) is 106 cm³/mol. The molecule has 3 aromatic rings. The van der Waals surface area contributed by atoms with Gasteiger partial charge in [0.1, 0.15) is 5.82 Å². The first-order chi connectivity index (χ1) is 12.7. The molecule has 0 saturated carbocycles. The second-order valence-corrected chi connectivity index (χ2v) is 7.30. The highest BCUT2D eigenvalue weighted by Crippen LogP contribution is 2.17. The Hall–Kier alpha value is -2.48. The van der Waals surface area contributed by atoms with Gasteiger partial charge in [-0.15, -0.1) is 21.5 Å². The highest BCUT2D eigenvalue weighted by molar-refractivity contribution is 7.11. The number of hydrogen-bond acceptors (Lipinski definition) is 5. The van der Waals surface area contributed by atoms with Gasteiger partial charge < -0.3 is 10.6 Å². The maximum Gasteiger partial charge on any atom is 0.191 e. The van der Waals surface area contributed by atoms with Gasteiger partial charge >= 0.3 is 0 Å². The van der Waals surface area contributed by atoms with Crippen LogP contribution in [-0.2, 0) is 13.0 Å². The van der Waals surface area contributed by atoms with E-state index in [1.54, 1.807) is 11.3 Å². The zero-order chi connectivity index (χ0) is 18.4. The molecule has 0 saturated heterocycles. The number of aromatic nitrogens is 4. The summed E-state index contributed by atoms with van der Waals surface area (Å²) < 4.78 is 2.04. The molecular formula is C18H25N7S. The Bertz CT molecular complexity index is 881. The van der Waals surface area contributed by atoms with Crippen LogP contribution < -0.4 is 10.6 Å². The predicted octanol–water partition coefficient (Wildman–Crippen LogP) is 2.49. The number of nitrogens with zero attached hydrogens (tertiary/aromatic N) is 5. The molecule has 3 aromatic heterocycles. The molecule has 2 N–H and O–H groups in total. The summed E-state index contributed by atoms with van der Waals surface area (Å²) in [7, 11) is 0. The maximum absolute atomic E-state index is 4.67. The summed E-state index contributed by atoms with van der Waals surface area (Å²) in [5.74, 6) is 1.82. The maximum atomic E-state index is 4.67. The normalized spacial score (nSPS) is 11.9. The van der Waals surface area contributed by atoms with E-state index in [2.05, 4.69) is 37.7 Å². The SMILES string of the molecule is CCNC(=NCc1sc(C)nc1C)NCCCc1nnc2ccccn12. The Morgan fingerprint density at radius 3 is 2.88 bits per heavy atom. The molecule has 8 heteroatoms. The zero-order valence-corrected chi connectivity index (χ0v) is 16.3. The molecule has 138 valence electrons. The Balaban J connectivity index is 1.52. The Labute approximate surface area is 157 Å². The minimum absolute atomic E-state index is 0.654. The van der Waals surface area contributed by atoms with Gasteiger partial charge in [-0.1, -0.05) is 6.07 Å². The van der Waals surface area contributed by atoms with Crippen LogP contribution in [0.2, 0.25) is 0 Å². The number of rotatable bonds is 7. The molecule has 0 aliphatic carbocycles.